The Morgan fingerprint density at radius 3 is 2.50 bits per heavy atom. The first-order valence-corrected chi connectivity index (χ1v) is 5.46. The molecule has 0 aliphatic carbocycles. The van der Waals surface area contributed by atoms with E-state index in [4.69, 9.17) is 0 Å². The number of hydrogen-bond acceptors (Lipinski definition) is 2. The summed E-state index contributed by atoms with van der Waals surface area (Å²) in [5.41, 5.74) is 0.608. The molecule has 0 saturated heterocycles. The van der Waals surface area contributed by atoms with E-state index in [1.54, 1.807) is 17.7 Å². The minimum atomic E-state index is -1.21. The van der Waals surface area contributed by atoms with Gasteiger partial charge < -0.3 is 9.88 Å². The molecule has 1 heterocycles. The van der Waals surface area contributed by atoms with Gasteiger partial charge in [0.15, 0.2) is 11.6 Å². The zero-order valence-electron chi connectivity index (χ0n) is 9.97. The molecule has 2 aromatic rings. The minimum absolute atomic E-state index is 0.144. The van der Waals surface area contributed by atoms with Crippen molar-refractivity contribution < 1.29 is 13.2 Å². The largest absolute Gasteiger partial charge is 0.323 e. The number of hydrogen-bond donors (Lipinski definition) is 1. The fraction of sp³-hybridized carbons (Fsp3) is 0.250. The molecule has 96 valence electrons. The topological polar surface area (TPSA) is 29.9 Å². The van der Waals surface area contributed by atoms with E-state index in [1.165, 1.54) is 0 Å². The molecule has 0 spiro atoms. The van der Waals surface area contributed by atoms with Crippen molar-refractivity contribution in [2.45, 2.75) is 20.4 Å². The first kappa shape index (κ1) is 12.5. The van der Waals surface area contributed by atoms with Gasteiger partial charge in [-0.3, -0.25) is 0 Å². The van der Waals surface area contributed by atoms with Crippen LogP contribution in [0.15, 0.2) is 18.3 Å². The maximum absolute atomic E-state index is 13.5. The molecule has 1 N–H and O–H groups in total. The van der Waals surface area contributed by atoms with Crippen molar-refractivity contribution in [3.8, 4) is 0 Å². The fourth-order valence-electron chi connectivity index (χ4n) is 1.63. The van der Waals surface area contributed by atoms with Gasteiger partial charge in [0.2, 0.25) is 5.95 Å². The molecular formula is C12H12F3N3. The van der Waals surface area contributed by atoms with Gasteiger partial charge in [0.05, 0.1) is 11.4 Å². The Balaban J connectivity index is 2.36. The maximum Gasteiger partial charge on any atom is 0.207 e. The molecule has 0 aliphatic rings. The Bertz CT molecular complexity index is 578. The molecule has 18 heavy (non-hydrogen) atoms. The van der Waals surface area contributed by atoms with Crippen LogP contribution in [0.1, 0.15) is 12.6 Å². The van der Waals surface area contributed by atoms with E-state index in [0.717, 1.165) is 11.8 Å². The van der Waals surface area contributed by atoms with Crippen molar-refractivity contribution in [2.75, 3.05) is 5.32 Å². The summed E-state index contributed by atoms with van der Waals surface area (Å²) in [6, 6.07) is 1.28. The summed E-state index contributed by atoms with van der Waals surface area (Å²) in [6.07, 6.45) is 1.78. The van der Waals surface area contributed by atoms with Gasteiger partial charge in [0.25, 0.3) is 0 Å². The van der Waals surface area contributed by atoms with Crippen LogP contribution in [0.25, 0.3) is 0 Å². The number of nitrogens with one attached hydrogen (secondary N) is 1. The predicted octanol–water partition coefficient (Wildman–Crippen LogP) is 3.37. The summed E-state index contributed by atoms with van der Waals surface area (Å²) in [4.78, 5) is 4.14. The van der Waals surface area contributed by atoms with Crippen LogP contribution in [-0.2, 0) is 6.54 Å². The van der Waals surface area contributed by atoms with E-state index in [-0.39, 0.29) is 5.69 Å². The van der Waals surface area contributed by atoms with Gasteiger partial charge in [0.1, 0.15) is 5.82 Å². The average molecular weight is 255 g/mol. The van der Waals surface area contributed by atoms with Gasteiger partial charge >= 0.3 is 0 Å². The number of rotatable bonds is 3. The number of aromatic nitrogens is 2. The molecule has 0 atom stereocenters. The van der Waals surface area contributed by atoms with Gasteiger partial charge in [-0.15, -0.1) is 0 Å². The fourth-order valence-corrected chi connectivity index (χ4v) is 1.63. The van der Waals surface area contributed by atoms with E-state index >= 15 is 0 Å². The van der Waals surface area contributed by atoms with Crippen molar-refractivity contribution in [1.82, 2.24) is 9.55 Å². The minimum Gasteiger partial charge on any atom is -0.323 e. The van der Waals surface area contributed by atoms with Crippen LogP contribution in [-0.4, -0.2) is 9.55 Å². The first-order chi connectivity index (χ1) is 8.51. The van der Waals surface area contributed by atoms with E-state index in [0.29, 0.717) is 18.6 Å². The molecule has 6 heteroatoms. The van der Waals surface area contributed by atoms with Crippen LogP contribution in [0, 0.1) is 24.4 Å². The standard InChI is InChI=1S/C12H12F3N3/c1-3-18-6-7(2)16-12(18)17-11-5-9(14)8(13)4-10(11)15/h4-6H,3H2,1-2H3,(H,16,17). The number of nitrogens with zero attached hydrogens (tertiary/aromatic N) is 2. The predicted molar refractivity (Wildman–Crippen MR) is 62.2 cm³/mol. The lowest BCUT2D eigenvalue weighted by Crippen LogP contribution is -2.03. The molecule has 2 rings (SSSR count). The quantitative estimate of drug-likeness (QED) is 0.852. The second kappa shape index (κ2) is 4.72. The smallest absolute Gasteiger partial charge is 0.207 e. The van der Waals surface area contributed by atoms with Gasteiger partial charge in [-0.25, -0.2) is 18.2 Å². The summed E-state index contributed by atoms with van der Waals surface area (Å²) in [6.45, 7) is 4.32. The summed E-state index contributed by atoms with van der Waals surface area (Å²) >= 11 is 0. The Kier molecular flexibility index (Phi) is 3.27. The summed E-state index contributed by atoms with van der Waals surface area (Å²) in [5, 5.41) is 2.65. The molecule has 0 saturated carbocycles. The number of aryl methyl sites for hydroxylation is 2. The van der Waals surface area contributed by atoms with Crippen molar-refractivity contribution >= 4 is 11.6 Å². The number of benzene rings is 1. The van der Waals surface area contributed by atoms with E-state index in [1.807, 2.05) is 6.92 Å². The van der Waals surface area contributed by atoms with Gasteiger partial charge in [-0.05, 0) is 13.8 Å². The maximum atomic E-state index is 13.5. The van der Waals surface area contributed by atoms with E-state index < -0.39 is 17.5 Å². The highest BCUT2D eigenvalue weighted by Crippen LogP contribution is 2.22. The summed E-state index contributed by atoms with van der Waals surface area (Å²) < 4.78 is 41.0. The lowest BCUT2D eigenvalue weighted by molar-refractivity contribution is 0.496. The van der Waals surface area contributed by atoms with Gasteiger partial charge in [-0.1, -0.05) is 0 Å². The van der Waals surface area contributed by atoms with Crippen LogP contribution in [0.5, 0.6) is 0 Å². The Morgan fingerprint density at radius 2 is 1.83 bits per heavy atom. The number of halogens is 3. The Morgan fingerprint density at radius 1 is 1.17 bits per heavy atom. The molecule has 0 bridgehead atoms. The SMILES string of the molecule is CCn1cc(C)nc1Nc1cc(F)c(F)cc1F. The molecule has 1 aromatic heterocycles. The zero-order valence-corrected chi connectivity index (χ0v) is 9.97. The average Bonchev–Trinajstić information content (AvgIpc) is 2.66. The van der Waals surface area contributed by atoms with Crippen LogP contribution >= 0.6 is 0 Å². The third kappa shape index (κ3) is 2.32. The third-order valence-corrected chi connectivity index (χ3v) is 2.49. The Hall–Kier alpha value is -1.98. The zero-order chi connectivity index (χ0) is 13.3. The van der Waals surface area contributed by atoms with Crippen LogP contribution in [0.2, 0.25) is 0 Å². The van der Waals surface area contributed by atoms with Crippen LogP contribution in [0.3, 0.4) is 0 Å². The van der Waals surface area contributed by atoms with Crippen molar-refractivity contribution in [2.24, 2.45) is 0 Å². The summed E-state index contributed by atoms with van der Waals surface area (Å²) in [7, 11) is 0. The van der Waals surface area contributed by atoms with Crippen molar-refractivity contribution in [1.29, 1.82) is 0 Å². The Labute approximate surface area is 102 Å². The van der Waals surface area contributed by atoms with E-state index in [2.05, 4.69) is 10.3 Å². The number of anilines is 2. The van der Waals surface area contributed by atoms with E-state index in [9.17, 15) is 13.2 Å². The lowest BCUT2D eigenvalue weighted by Gasteiger charge is -2.09. The third-order valence-electron chi connectivity index (χ3n) is 2.49. The van der Waals surface area contributed by atoms with Gasteiger partial charge in [-0.2, -0.15) is 0 Å². The molecule has 3 nitrogen and oxygen atoms in total. The molecule has 0 fully saturated rings. The van der Waals surface area contributed by atoms with Crippen molar-refractivity contribution in [3.63, 3.8) is 0 Å². The normalized spacial score (nSPS) is 10.7. The van der Waals surface area contributed by atoms with Crippen molar-refractivity contribution in [3.05, 3.63) is 41.5 Å². The molecular weight excluding hydrogens is 243 g/mol. The van der Waals surface area contributed by atoms with Crippen LogP contribution < -0.4 is 5.32 Å². The monoisotopic (exact) mass is 255 g/mol. The highest BCUT2D eigenvalue weighted by molar-refractivity contribution is 5.55. The molecule has 0 unspecified atom stereocenters. The number of imidazole rings is 1. The van der Waals surface area contributed by atoms with Gasteiger partial charge in [0, 0.05) is 24.9 Å². The highest BCUT2D eigenvalue weighted by atomic mass is 19.2. The second-order valence-electron chi connectivity index (χ2n) is 3.86. The summed E-state index contributed by atoms with van der Waals surface area (Å²) in [5.74, 6) is -2.80. The molecule has 0 amide bonds. The molecule has 0 aliphatic heterocycles. The second-order valence-corrected chi connectivity index (χ2v) is 3.86. The lowest BCUT2D eigenvalue weighted by atomic mass is 10.3. The molecule has 1 aromatic carbocycles. The van der Waals surface area contributed by atoms with Crippen LogP contribution in [0.4, 0.5) is 24.8 Å². The first-order valence-electron chi connectivity index (χ1n) is 5.46. The molecule has 0 radical (unpaired) electrons. The highest BCUT2D eigenvalue weighted by Gasteiger charge is 2.12.